The maximum atomic E-state index is 6.54. The molecule has 0 aromatic carbocycles. The zero-order chi connectivity index (χ0) is 13.6. The molecule has 0 rings (SSSR count). The van der Waals surface area contributed by atoms with E-state index in [2.05, 4.69) is 55.4 Å². The van der Waals surface area contributed by atoms with Gasteiger partial charge in [-0.05, 0) is 29.0 Å². The molecule has 0 amide bonds. The first-order valence-electron chi connectivity index (χ1n) is 7.22. The summed E-state index contributed by atoms with van der Waals surface area (Å²) in [6.07, 6.45) is 2.20. The maximum absolute atomic E-state index is 6.54. The van der Waals surface area contributed by atoms with Crippen molar-refractivity contribution in [3.63, 3.8) is 0 Å². The van der Waals surface area contributed by atoms with E-state index in [1.807, 2.05) is 0 Å². The summed E-state index contributed by atoms with van der Waals surface area (Å²) in [5.74, 6) is 0.649. The van der Waals surface area contributed by atoms with Crippen LogP contribution in [-0.2, 0) is 23.9 Å². The fraction of sp³-hybridized carbons (Fsp3) is 0.933. The van der Waals surface area contributed by atoms with Crippen LogP contribution in [0.3, 0.4) is 0 Å². The summed E-state index contributed by atoms with van der Waals surface area (Å²) in [7, 11) is -1.64. The molecule has 0 saturated heterocycles. The molecule has 1 radical (unpaired) electrons. The Morgan fingerprint density at radius 3 is 1.53 bits per heavy atom. The van der Waals surface area contributed by atoms with E-state index in [9.17, 15) is 0 Å². The van der Waals surface area contributed by atoms with Gasteiger partial charge >= 0.3 is 0 Å². The average molecular weight is 403 g/mol. The molecule has 0 spiro atoms. The molecule has 0 aliphatic heterocycles. The van der Waals surface area contributed by atoms with Crippen LogP contribution in [0.15, 0.2) is 0 Å². The van der Waals surface area contributed by atoms with Crippen molar-refractivity contribution >= 4 is 8.32 Å². The second-order valence-electron chi connectivity index (χ2n) is 6.38. The van der Waals surface area contributed by atoms with Crippen LogP contribution >= 0.6 is 0 Å². The molecule has 0 unspecified atom stereocenters. The van der Waals surface area contributed by atoms with E-state index >= 15 is 0 Å². The molecule has 0 heterocycles. The molecule has 0 aromatic rings. The minimum absolute atomic E-state index is 0. The van der Waals surface area contributed by atoms with Crippen LogP contribution in [-0.4, -0.2) is 14.9 Å². The van der Waals surface area contributed by atoms with E-state index in [1.165, 1.54) is 6.42 Å². The molecule has 0 N–H and O–H groups in total. The van der Waals surface area contributed by atoms with Crippen LogP contribution in [0.2, 0.25) is 16.6 Å². The Balaban J connectivity index is -0.00000128. The first-order valence-corrected chi connectivity index (χ1v) is 9.36. The Hall–Kier alpha value is 1.28. The zero-order valence-corrected chi connectivity index (χ0v) is 19.7. The van der Waals surface area contributed by atoms with E-state index in [-0.39, 0.29) is 36.5 Å². The third-order valence-corrected chi connectivity index (χ3v) is 10.1. The van der Waals surface area contributed by atoms with Crippen LogP contribution in [0, 0.1) is 12.8 Å². The van der Waals surface area contributed by atoms with Crippen molar-refractivity contribution in [3.8, 4) is 0 Å². The van der Waals surface area contributed by atoms with Crippen molar-refractivity contribution in [1.29, 1.82) is 0 Å². The van der Waals surface area contributed by atoms with Gasteiger partial charge in [-0.2, -0.15) is 0 Å². The monoisotopic (exact) mass is 400 g/mol. The van der Waals surface area contributed by atoms with Crippen LogP contribution in [0.25, 0.3) is 0 Å². The number of halogens is 1. The predicted octanol–water partition coefficient (Wildman–Crippen LogP) is 2.43. The molecule has 0 aromatic heterocycles. The minimum atomic E-state index is -1.64. The summed E-state index contributed by atoms with van der Waals surface area (Å²) in [5, 5.41) is 0. The quantitative estimate of drug-likeness (QED) is 0.567. The topological polar surface area (TPSA) is 9.23 Å². The van der Waals surface area contributed by atoms with E-state index in [4.69, 9.17) is 4.43 Å². The molecule has 0 aliphatic rings. The van der Waals surface area contributed by atoms with Gasteiger partial charge in [0.25, 0.3) is 0 Å². The van der Waals surface area contributed by atoms with Crippen LogP contribution in [0.5, 0.6) is 0 Å². The standard InChI is InChI=1S/C15H33OSi.BrH.Zn/c1-9-10-15(8)11-16-17(12(2)3,13(4)5)14(6)7;;/h12-15H,1,9-11H2,2-8H3;1H;/p-1/t15-;;/m0../s1. The van der Waals surface area contributed by atoms with Crippen molar-refractivity contribution in [2.75, 3.05) is 6.61 Å². The van der Waals surface area contributed by atoms with Gasteiger partial charge in [-0.25, -0.2) is 0 Å². The second-order valence-corrected chi connectivity index (χ2v) is 11.8. The molecule has 4 heteroatoms. The van der Waals surface area contributed by atoms with E-state index in [0.29, 0.717) is 22.5 Å². The summed E-state index contributed by atoms with van der Waals surface area (Å²) in [6.45, 7) is 21.2. The van der Waals surface area contributed by atoms with E-state index < -0.39 is 8.32 Å². The van der Waals surface area contributed by atoms with Gasteiger partial charge in [0, 0.05) is 26.1 Å². The number of rotatable bonds is 8. The number of hydrogen-bond donors (Lipinski definition) is 0. The first-order chi connectivity index (χ1) is 7.78. The zero-order valence-electron chi connectivity index (χ0n) is 14.1. The van der Waals surface area contributed by atoms with Gasteiger partial charge in [0.05, 0.1) is 0 Å². The molecule has 1 atom stereocenters. The SMILES string of the molecule is [Br-].[CH2]CC[C@H](C)CO[Si](C(C)C)(C(C)C)C(C)C.[Zn]. The van der Waals surface area contributed by atoms with Crippen LogP contribution in [0.4, 0.5) is 0 Å². The van der Waals surface area contributed by atoms with Crippen LogP contribution < -0.4 is 17.0 Å². The Kier molecular flexibility index (Phi) is 15.8. The van der Waals surface area contributed by atoms with Gasteiger partial charge in [0.2, 0.25) is 0 Å². The van der Waals surface area contributed by atoms with Gasteiger partial charge in [-0.15, -0.1) is 0 Å². The predicted molar refractivity (Wildman–Crippen MR) is 80.8 cm³/mol. The molecule has 0 aliphatic carbocycles. The molecule has 0 saturated carbocycles. The van der Waals surface area contributed by atoms with Gasteiger partial charge in [0.15, 0.2) is 8.32 Å². The largest absolute Gasteiger partial charge is 1.00 e. The van der Waals surface area contributed by atoms with Crippen molar-refractivity contribution < 1.29 is 40.9 Å². The Morgan fingerprint density at radius 1 is 0.895 bits per heavy atom. The summed E-state index contributed by atoms with van der Waals surface area (Å²) < 4.78 is 6.54. The van der Waals surface area contributed by atoms with Gasteiger partial charge in [-0.3, -0.25) is 0 Å². The fourth-order valence-electron chi connectivity index (χ4n) is 3.22. The van der Waals surface area contributed by atoms with Gasteiger partial charge in [0.1, 0.15) is 0 Å². The molecular formula is C15H33BrOSiZn-. The molecular weight excluding hydrogens is 370 g/mol. The van der Waals surface area contributed by atoms with Crippen molar-refractivity contribution in [3.05, 3.63) is 6.92 Å². The second kappa shape index (κ2) is 11.9. The van der Waals surface area contributed by atoms with Crippen molar-refractivity contribution in [2.24, 2.45) is 5.92 Å². The summed E-state index contributed by atoms with van der Waals surface area (Å²) >= 11 is 0. The smallest absolute Gasteiger partial charge is 0.200 e. The van der Waals surface area contributed by atoms with E-state index in [1.54, 1.807) is 0 Å². The minimum Gasteiger partial charge on any atom is -1.00 e. The van der Waals surface area contributed by atoms with Crippen molar-refractivity contribution in [2.45, 2.75) is 77.9 Å². The first kappa shape index (κ1) is 25.2. The molecule has 0 fully saturated rings. The maximum Gasteiger partial charge on any atom is 0.200 e. The summed E-state index contributed by atoms with van der Waals surface area (Å²) in [6, 6.07) is 0. The Labute approximate surface area is 146 Å². The van der Waals surface area contributed by atoms with Gasteiger partial charge in [-0.1, -0.05) is 61.8 Å². The Morgan fingerprint density at radius 2 is 1.26 bits per heavy atom. The molecule has 113 valence electrons. The number of hydrogen-bond acceptors (Lipinski definition) is 1. The average Bonchev–Trinajstić information content (AvgIpc) is 2.17. The molecule has 19 heavy (non-hydrogen) atoms. The molecule has 0 bridgehead atoms. The fourth-order valence-corrected chi connectivity index (χ4v) is 8.79. The summed E-state index contributed by atoms with van der Waals surface area (Å²) in [5.41, 5.74) is 2.07. The van der Waals surface area contributed by atoms with Crippen LogP contribution in [0.1, 0.15) is 61.3 Å². The molecule has 1 nitrogen and oxygen atoms in total. The third-order valence-electron chi connectivity index (χ3n) is 4.02. The summed E-state index contributed by atoms with van der Waals surface area (Å²) in [4.78, 5) is 0. The van der Waals surface area contributed by atoms with E-state index in [0.717, 1.165) is 13.0 Å². The Bertz CT molecular complexity index is 189. The normalized spacial score (nSPS) is 13.4. The third kappa shape index (κ3) is 7.20. The van der Waals surface area contributed by atoms with Crippen molar-refractivity contribution in [1.82, 2.24) is 0 Å². The van der Waals surface area contributed by atoms with Gasteiger partial charge < -0.3 is 21.4 Å².